The molecule has 5 heteroatoms. The van der Waals surface area contributed by atoms with Gasteiger partial charge in [-0.25, -0.2) is 0 Å². The Kier molecular flexibility index (Phi) is 7.22. The lowest BCUT2D eigenvalue weighted by Gasteiger charge is -2.29. The van der Waals surface area contributed by atoms with Crippen LogP contribution in [-0.4, -0.2) is 29.3 Å². The molecule has 2 rings (SSSR count). The lowest BCUT2D eigenvalue weighted by molar-refractivity contribution is -0.140. The van der Waals surface area contributed by atoms with Crippen molar-refractivity contribution in [3.8, 4) is 0 Å². The van der Waals surface area contributed by atoms with E-state index >= 15 is 0 Å². The van der Waals surface area contributed by atoms with Crippen LogP contribution in [0.15, 0.2) is 48.5 Å². The van der Waals surface area contributed by atoms with Gasteiger partial charge in [0.1, 0.15) is 6.04 Å². The van der Waals surface area contributed by atoms with E-state index in [2.05, 4.69) is 5.32 Å². The van der Waals surface area contributed by atoms with Crippen LogP contribution in [0.5, 0.6) is 0 Å². The first-order chi connectivity index (χ1) is 12.4. The Balaban J connectivity index is 2.23. The molecule has 0 aliphatic heterocycles. The van der Waals surface area contributed by atoms with E-state index in [9.17, 15) is 9.59 Å². The van der Waals surface area contributed by atoms with E-state index in [0.29, 0.717) is 18.1 Å². The molecule has 2 aromatic rings. The second-order valence-electron chi connectivity index (χ2n) is 6.35. The van der Waals surface area contributed by atoms with Gasteiger partial charge in [-0.15, -0.1) is 0 Å². The first kappa shape index (κ1) is 20.0. The maximum absolute atomic E-state index is 13.0. The van der Waals surface area contributed by atoms with Gasteiger partial charge in [0.2, 0.25) is 11.8 Å². The van der Waals surface area contributed by atoms with E-state index in [1.54, 1.807) is 17.9 Å². The quantitative estimate of drug-likeness (QED) is 0.804. The second kappa shape index (κ2) is 9.39. The Morgan fingerprint density at radius 1 is 1.12 bits per heavy atom. The van der Waals surface area contributed by atoms with Crippen molar-refractivity contribution in [2.45, 2.75) is 39.8 Å². The fourth-order valence-electron chi connectivity index (χ4n) is 2.70. The molecule has 138 valence electrons. The molecule has 0 heterocycles. The van der Waals surface area contributed by atoms with Gasteiger partial charge < -0.3 is 10.2 Å². The molecule has 26 heavy (non-hydrogen) atoms. The third kappa shape index (κ3) is 5.33. The van der Waals surface area contributed by atoms with Crippen LogP contribution >= 0.6 is 11.6 Å². The molecule has 4 nitrogen and oxygen atoms in total. The number of carbonyl (C=O) groups excluding carboxylic acids is 2. The van der Waals surface area contributed by atoms with Crippen LogP contribution in [0.3, 0.4) is 0 Å². The van der Waals surface area contributed by atoms with E-state index in [4.69, 9.17) is 11.6 Å². The van der Waals surface area contributed by atoms with Gasteiger partial charge in [0.25, 0.3) is 0 Å². The van der Waals surface area contributed by atoms with Gasteiger partial charge in [0.05, 0.1) is 6.42 Å². The number of benzene rings is 2. The van der Waals surface area contributed by atoms with E-state index in [1.807, 2.05) is 56.3 Å². The fourth-order valence-corrected chi connectivity index (χ4v) is 2.89. The number of rotatable bonds is 7. The Bertz CT molecular complexity index is 759. The van der Waals surface area contributed by atoms with Gasteiger partial charge in [-0.2, -0.15) is 0 Å². The number of halogens is 1. The monoisotopic (exact) mass is 372 g/mol. The molecule has 0 aliphatic rings. The van der Waals surface area contributed by atoms with Crippen LogP contribution in [0.4, 0.5) is 0 Å². The summed E-state index contributed by atoms with van der Waals surface area (Å²) in [5.74, 6) is -0.274. The molecule has 0 fully saturated rings. The Morgan fingerprint density at radius 3 is 2.38 bits per heavy atom. The normalized spacial score (nSPS) is 11.7. The van der Waals surface area contributed by atoms with E-state index < -0.39 is 6.04 Å². The van der Waals surface area contributed by atoms with Crippen molar-refractivity contribution in [1.82, 2.24) is 10.2 Å². The van der Waals surface area contributed by atoms with Gasteiger partial charge in [0, 0.05) is 18.1 Å². The molecule has 1 atom stereocenters. The number of hydrogen-bond acceptors (Lipinski definition) is 2. The zero-order valence-corrected chi connectivity index (χ0v) is 16.2. The Labute approximate surface area is 160 Å². The molecule has 0 unspecified atom stereocenters. The van der Waals surface area contributed by atoms with Gasteiger partial charge in [-0.05, 0) is 38.0 Å². The van der Waals surface area contributed by atoms with Crippen molar-refractivity contribution in [2.75, 3.05) is 6.54 Å². The summed E-state index contributed by atoms with van der Waals surface area (Å²) in [7, 11) is 0. The standard InChI is InChI=1S/C21H25ClN2O2/c1-4-23-21(26)16(3)24(14-18-7-5-6-8-19(18)22)20(25)13-17-11-9-15(2)10-12-17/h5-12,16H,4,13-14H2,1-3H3,(H,23,26)/t16-/m1/s1. The third-order valence-electron chi connectivity index (χ3n) is 4.29. The van der Waals surface area contributed by atoms with Crippen LogP contribution < -0.4 is 5.32 Å². The molecule has 0 spiro atoms. The Morgan fingerprint density at radius 2 is 1.77 bits per heavy atom. The maximum Gasteiger partial charge on any atom is 0.242 e. The minimum atomic E-state index is -0.579. The van der Waals surface area contributed by atoms with Crippen molar-refractivity contribution < 1.29 is 9.59 Å². The van der Waals surface area contributed by atoms with Crippen molar-refractivity contribution >= 4 is 23.4 Å². The molecule has 0 radical (unpaired) electrons. The molecule has 2 aromatic carbocycles. The number of likely N-dealkylation sites (N-methyl/N-ethyl adjacent to an activating group) is 1. The highest BCUT2D eigenvalue weighted by Crippen LogP contribution is 2.19. The van der Waals surface area contributed by atoms with Crippen molar-refractivity contribution in [3.63, 3.8) is 0 Å². The summed E-state index contributed by atoms with van der Waals surface area (Å²) in [6.45, 7) is 6.43. The van der Waals surface area contributed by atoms with Gasteiger partial charge in [-0.3, -0.25) is 9.59 Å². The van der Waals surface area contributed by atoms with Crippen LogP contribution in [0.1, 0.15) is 30.5 Å². The van der Waals surface area contributed by atoms with Crippen LogP contribution in [0.2, 0.25) is 5.02 Å². The summed E-state index contributed by atoms with van der Waals surface area (Å²) in [6, 6.07) is 14.6. The average Bonchev–Trinajstić information content (AvgIpc) is 2.62. The lowest BCUT2D eigenvalue weighted by atomic mass is 10.1. The van der Waals surface area contributed by atoms with Crippen molar-refractivity contribution in [1.29, 1.82) is 0 Å². The Hall–Kier alpha value is -2.33. The third-order valence-corrected chi connectivity index (χ3v) is 4.66. The van der Waals surface area contributed by atoms with Crippen LogP contribution in [-0.2, 0) is 22.6 Å². The number of aryl methyl sites for hydroxylation is 1. The first-order valence-electron chi connectivity index (χ1n) is 8.78. The molecule has 0 bridgehead atoms. The second-order valence-corrected chi connectivity index (χ2v) is 6.75. The average molecular weight is 373 g/mol. The largest absolute Gasteiger partial charge is 0.355 e. The molecule has 1 N–H and O–H groups in total. The summed E-state index contributed by atoms with van der Waals surface area (Å²) < 4.78 is 0. The van der Waals surface area contributed by atoms with Crippen LogP contribution in [0, 0.1) is 6.92 Å². The first-order valence-corrected chi connectivity index (χ1v) is 9.16. The predicted octanol–water partition coefficient (Wildman–Crippen LogP) is 3.74. The molecule has 0 saturated carbocycles. The number of hydrogen-bond donors (Lipinski definition) is 1. The number of carbonyl (C=O) groups is 2. The number of amides is 2. The topological polar surface area (TPSA) is 49.4 Å². The zero-order valence-electron chi connectivity index (χ0n) is 15.5. The van der Waals surface area contributed by atoms with E-state index in [-0.39, 0.29) is 18.2 Å². The minimum Gasteiger partial charge on any atom is -0.355 e. The summed E-state index contributed by atoms with van der Waals surface area (Å²) in [4.78, 5) is 26.9. The maximum atomic E-state index is 13.0. The van der Waals surface area contributed by atoms with Gasteiger partial charge >= 0.3 is 0 Å². The highest BCUT2D eigenvalue weighted by molar-refractivity contribution is 6.31. The number of nitrogens with one attached hydrogen (secondary N) is 1. The van der Waals surface area contributed by atoms with E-state index in [1.165, 1.54) is 0 Å². The summed E-state index contributed by atoms with van der Waals surface area (Å²) in [6.07, 6.45) is 0.245. The summed E-state index contributed by atoms with van der Waals surface area (Å²) >= 11 is 6.26. The smallest absolute Gasteiger partial charge is 0.242 e. The van der Waals surface area contributed by atoms with Crippen molar-refractivity contribution in [3.05, 3.63) is 70.2 Å². The molecule has 0 aliphatic carbocycles. The molecular weight excluding hydrogens is 348 g/mol. The fraction of sp³-hybridized carbons (Fsp3) is 0.333. The summed E-state index contributed by atoms with van der Waals surface area (Å²) in [5, 5.41) is 3.37. The lowest BCUT2D eigenvalue weighted by Crippen LogP contribution is -2.48. The highest BCUT2D eigenvalue weighted by Gasteiger charge is 2.26. The zero-order chi connectivity index (χ0) is 19.1. The van der Waals surface area contributed by atoms with Gasteiger partial charge in [0.15, 0.2) is 0 Å². The molecule has 0 saturated heterocycles. The summed E-state index contributed by atoms with van der Waals surface area (Å²) in [5.41, 5.74) is 2.89. The molecule has 2 amide bonds. The highest BCUT2D eigenvalue weighted by atomic mass is 35.5. The van der Waals surface area contributed by atoms with Gasteiger partial charge in [-0.1, -0.05) is 59.6 Å². The molecule has 0 aromatic heterocycles. The minimum absolute atomic E-state index is 0.104. The van der Waals surface area contributed by atoms with E-state index in [0.717, 1.165) is 16.7 Å². The van der Waals surface area contributed by atoms with Crippen molar-refractivity contribution in [2.24, 2.45) is 0 Å². The molecular formula is C21H25ClN2O2. The predicted molar refractivity (Wildman–Crippen MR) is 105 cm³/mol. The van der Waals surface area contributed by atoms with Crippen LogP contribution in [0.25, 0.3) is 0 Å². The number of nitrogens with zero attached hydrogens (tertiary/aromatic N) is 1. The SMILES string of the molecule is CCNC(=O)[C@@H](C)N(Cc1ccccc1Cl)C(=O)Cc1ccc(C)cc1.